The molecule has 0 heterocycles. The summed E-state index contributed by atoms with van der Waals surface area (Å²) in [5, 5.41) is 0. The number of hydrogen-bond acceptors (Lipinski definition) is 0. The van der Waals surface area contributed by atoms with Gasteiger partial charge in [0.25, 0.3) is 0 Å². The van der Waals surface area contributed by atoms with Crippen LogP contribution in [0.4, 0.5) is 0 Å². The summed E-state index contributed by atoms with van der Waals surface area (Å²) in [4.78, 5) is 0. The van der Waals surface area contributed by atoms with Gasteiger partial charge < -0.3 is 0 Å². The Balaban J connectivity index is 0.000000280. The lowest BCUT2D eigenvalue weighted by molar-refractivity contribution is -0.0120. The molecule has 0 radical (unpaired) electrons. The molecular formula is C28H56. The Morgan fingerprint density at radius 1 is 0.357 bits per heavy atom. The largest absolute Gasteiger partial charge is 0.0654 e. The van der Waals surface area contributed by atoms with Crippen LogP contribution >= 0.6 is 0 Å². The SMILES string of the molecule is CCCCC1C(C)C(C)C1CCCC.CCCCC1C(C)C(C)C1CCCC. The van der Waals surface area contributed by atoms with E-state index in [4.69, 9.17) is 0 Å². The lowest BCUT2D eigenvalue weighted by atomic mass is 9.55. The van der Waals surface area contributed by atoms with E-state index in [0.717, 1.165) is 47.3 Å². The molecule has 28 heavy (non-hydrogen) atoms. The molecule has 2 rings (SSSR count). The van der Waals surface area contributed by atoms with Gasteiger partial charge in [0.2, 0.25) is 0 Å². The van der Waals surface area contributed by atoms with Crippen molar-refractivity contribution in [1.29, 1.82) is 0 Å². The summed E-state index contributed by atoms with van der Waals surface area (Å²) in [7, 11) is 0. The Bertz CT molecular complexity index is 300. The van der Waals surface area contributed by atoms with Crippen LogP contribution < -0.4 is 0 Å². The fraction of sp³-hybridized carbons (Fsp3) is 1.00. The quantitative estimate of drug-likeness (QED) is 0.310. The van der Waals surface area contributed by atoms with Gasteiger partial charge >= 0.3 is 0 Å². The average Bonchev–Trinajstić information content (AvgIpc) is 2.72. The van der Waals surface area contributed by atoms with Gasteiger partial charge in [-0.3, -0.25) is 0 Å². The van der Waals surface area contributed by atoms with Crippen molar-refractivity contribution in [3.63, 3.8) is 0 Å². The molecule has 0 saturated heterocycles. The molecule has 0 aromatic heterocycles. The minimum Gasteiger partial charge on any atom is -0.0654 e. The van der Waals surface area contributed by atoms with Crippen molar-refractivity contribution in [2.45, 2.75) is 132 Å². The molecule has 2 fully saturated rings. The van der Waals surface area contributed by atoms with Gasteiger partial charge in [-0.15, -0.1) is 0 Å². The lowest BCUT2D eigenvalue weighted by Crippen LogP contribution is -2.43. The summed E-state index contributed by atoms with van der Waals surface area (Å²) in [6.45, 7) is 19.1. The number of rotatable bonds is 12. The summed E-state index contributed by atoms with van der Waals surface area (Å²) in [6.07, 6.45) is 17.3. The maximum atomic E-state index is 2.47. The first kappa shape index (κ1) is 26.0. The molecule has 2 saturated carbocycles. The van der Waals surface area contributed by atoms with Crippen molar-refractivity contribution in [3.8, 4) is 0 Å². The lowest BCUT2D eigenvalue weighted by Gasteiger charge is -2.50. The van der Waals surface area contributed by atoms with Crippen LogP contribution in [0.2, 0.25) is 0 Å². The maximum absolute atomic E-state index is 2.47. The van der Waals surface area contributed by atoms with Crippen LogP contribution in [0.3, 0.4) is 0 Å². The van der Waals surface area contributed by atoms with Crippen LogP contribution in [-0.2, 0) is 0 Å². The highest BCUT2D eigenvalue weighted by Gasteiger charge is 2.43. The van der Waals surface area contributed by atoms with Crippen LogP contribution in [0.5, 0.6) is 0 Å². The smallest absolute Gasteiger partial charge is 0.0355 e. The summed E-state index contributed by atoms with van der Waals surface area (Å²) in [5.74, 6) is 8.28. The molecule has 0 N–H and O–H groups in total. The van der Waals surface area contributed by atoms with E-state index in [-0.39, 0.29) is 0 Å². The highest BCUT2D eigenvalue weighted by Crippen LogP contribution is 2.51. The molecule has 2 aliphatic carbocycles. The third kappa shape index (κ3) is 7.05. The van der Waals surface area contributed by atoms with Crippen LogP contribution in [-0.4, -0.2) is 0 Å². The summed E-state index contributed by atoms with van der Waals surface area (Å²) in [5.41, 5.74) is 0. The first-order chi connectivity index (χ1) is 13.4. The Kier molecular flexibility index (Phi) is 13.1. The number of unbranched alkanes of at least 4 members (excludes halogenated alkanes) is 4. The Labute approximate surface area is 180 Å². The van der Waals surface area contributed by atoms with Crippen molar-refractivity contribution in [3.05, 3.63) is 0 Å². The molecule has 168 valence electrons. The zero-order valence-electron chi connectivity index (χ0n) is 21.1. The summed E-state index contributed by atoms with van der Waals surface area (Å²) in [6, 6.07) is 0. The predicted molar refractivity (Wildman–Crippen MR) is 129 cm³/mol. The standard InChI is InChI=1S/2C14H28/c2*1-5-7-9-13-11(3)12(4)14(13)10-8-6-2/h2*11-14H,5-10H2,1-4H3. The monoisotopic (exact) mass is 392 g/mol. The van der Waals surface area contributed by atoms with Crippen molar-refractivity contribution in [2.24, 2.45) is 47.3 Å². The van der Waals surface area contributed by atoms with E-state index in [0.29, 0.717) is 0 Å². The van der Waals surface area contributed by atoms with Crippen LogP contribution in [0, 0.1) is 47.3 Å². The summed E-state index contributed by atoms with van der Waals surface area (Å²) < 4.78 is 0. The third-order valence-electron chi connectivity index (χ3n) is 9.02. The maximum Gasteiger partial charge on any atom is -0.0355 e. The van der Waals surface area contributed by atoms with E-state index in [1.54, 1.807) is 0 Å². The van der Waals surface area contributed by atoms with Crippen molar-refractivity contribution in [1.82, 2.24) is 0 Å². The second kappa shape index (κ2) is 14.1. The van der Waals surface area contributed by atoms with Crippen LogP contribution in [0.25, 0.3) is 0 Å². The molecule has 0 aromatic rings. The molecule has 2 aliphatic rings. The fourth-order valence-electron chi connectivity index (χ4n) is 6.50. The average molecular weight is 393 g/mol. The van der Waals surface area contributed by atoms with Crippen molar-refractivity contribution >= 4 is 0 Å². The normalized spacial score (nSPS) is 36.9. The van der Waals surface area contributed by atoms with Crippen LogP contribution in [0.15, 0.2) is 0 Å². The second-order valence-corrected chi connectivity index (χ2v) is 10.7. The molecule has 0 aliphatic heterocycles. The molecule has 0 heteroatoms. The Morgan fingerprint density at radius 2 is 0.536 bits per heavy atom. The zero-order valence-corrected chi connectivity index (χ0v) is 21.1. The fourth-order valence-corrected chi connectivity index (χ4v) is 6.50. The minimum atomic E-state index is 1.00. The Morgan fingerprint density at radius 3 is 0.679 bits per heavy atom. The van der Waals surface area contributed by atoms with Gasteiger partial charge in [0.05, 0.1) is 0 Å². The van der Waals surface area contributed by atoms with E-state index in [1.807, 2.05) is 0 Å². The van der Waals surface area contributed by atoms with E-state index < -0.39 is 0 Å². The molecule has 8 atom stereocenters. The first-order valence-corrected chi connectivity index (χ1v) is 13.4. The molecule has 0 nitrogen and oxygen atoms in total. The van der Waals surface area contributed by atoms with E-state index >= 15 is 0 Å². The highest BCUT2D eigenvalue weighted by atomic mass is 14.5. The first-order valence-electron chi connectivity index (χ1n) is 13.4. The molecule has 0 aromatic carbocycles. The van der Waals surface area contributed by atoms with Gasteiger partial charge in [-0.05, 0) is 73.0 Å². The van der Waals surface area contributed by atoms with Crippen molar-refractivity contribution in [2.75, 3.05) is 0 Å². The molecule has 8 unspecified atom stereocenters. The molecular weight excluding hydrogens is 336 g/mol. The highest BCUT2D eigenvalue weighted by molar-refractivity contribution is 4.92. The van der Waals surface area contributed by atoms with Crippen molar-refractivity contribution < 1.29 is 0 Å². The zero-order chi connectivity index (χ0) is 21.1. The van der Waals surface area contributed by atoms with Gasteiger partial charge in [0.1, 0.15) is 0 Å². The van der Waals surface area contributed by atoms with E-state index in [2.05, 4.69) is 55.4 Å². The minimum absolute atomic E-state index is 1.00. The second-order valence-electron chi connectivity index (χ2n) is 10.7. The van der Waals surface area contributed by atoms with Gasteiger partial charge in [-0.1, -0.05) is 107 Å². The topological polar surface area (TPSA) is 0 Å². The summed E-state index contributed by atoms with van der Waals surface area (Å²) >= 11 is 0. The Hall–Kier alpha value is 0. The van der Waals surface area contributed by atoms with Crippen LogP contribution in [0.1, 0.15) is 132 Å². The molecule has 0 spiro atoms. The van der Waals surface area contributed by atoms with Gasteiger partial charge in [0, 0.05) is 0 Å². The third-order valence-corrected chi connectivity index (χ3v) is 9.02. The van der Waals surface area contributed by atoms with Gasteiger partial charge in [-0.2, -0.15) is 0 Å². The van der Waals surface area contributed by atoms with Gasteiger partial charge in [0.15, 0.2) is 0 Å². The molecule has 0 bridgehead atoms. The molecule has 0 amide bonds. The van der Waals surface area contributed by atoms with E-state index in [1.165, 1.54) is 77.0 Å². The van der Waals surface area contributed by atoms with E-state index in [9.17, 15) is 0 Å². The van der Waals surface area contributed by atoms with Gasteiger partial charge in [-0.25, -0.2) is 0 Å². The predicted octanol–water partition coefficient (Wildman–Crippen LogP) is 9.77. The number of hydrogen-bond donors (Lipinski definition) is 0.